The van der Waals surface area contributed by atoms with E-state index in [0.29, 0.717) is 0 Å². The predicted octanol–water partition coefficient (Wildman–Crippen LogP) is 0.289. The summed E-state index contributed by atoms with van der Waals surface area (Å²) in [6.07, 6.45) is 0. The maximum absolute atomic E-state index is 12.6. The van der Waals surface area contributed by atoms with Gasteiger partial charge in [0.05, 0.1) is 0 Å². The first-order chi connectivity index (χ1) is 6.26. The van der Waals surface area contributed by atoms with Gasteiger partial charge < -0.3 is 10.2 Å². The van der Waals surface area contributed by atoms with Gasteiger partial charge in [-0.2, -0.15) is 8.78 Å². The van der Waals surface area contributed by atoms with Crippen LogP contribution < -0.4 is 0 Å². The van der Waals surface area contributed by atoms with Gasteiger partial charge >= 0.3 is 23.6 Å². The fourth-order valence-electron chi connectivity index (χ4n) is 0.440. The molecule has 82 valence electrons. The summed E-state index contributed by atoms with van der Waals surface area (Å²) in [6, 6.07) is 0. The number of alkyl halides is 2. The Kier molecular flexibility index (Phi) is 3.37. The van der Waals surface area contributed by atoms with Gasteiger partial charge in [-0.05, 0) is 9.05 Å². The van der Waals surface area contributed by atoms with Crippen molar-refractivity contribution in [1.82, 2.24) is 0 Å². The van der Waals surface area contributed by atoms with Gasteiger partial charge in [0.2, 0.25) is 0 Å². The van der Waals surface area contributed by atoms with E-state index < -0.39 is 23.6 Å². The Hall–Kier alpha value is -1.42. The average Bonchev–Trinajstić information content (AvgIpc) is 2.14. The highest BCUT2D eigenvalue weighted by atomic mass is 19.3. The lowest BCUT2D eigenvalue weighted by Crippen LogP contribution is -2.59. The lowest BCUT2D eigenvalue weighted by molar-refractivity contribution is -0.411. The van der Waals surface area contributed by atoms with Crippen molar-refractivity contribution in [3.8, 4) is 0 Å². The van der Waals surface area contributed by atoms with Crippen LogP contribution in [-0.2, 0) is 19.5 Å². The Morgan fingerprint density at radius 1 is 0.929 bits per heavy atom. The third-order valence-corrected chi connectivity index (χ3v) is 1.18. The zero-order valence-electron chi connectivity index (χ0n) is 6.04. The molecule has 2 N–H and O–H groups in total. The molecule has 0 aromatic heterocycles. The van der Waals surface area contributed by atoms with E-state index in [1.807, 2.05) is 9.88 Å². The lowest BCUT2D eigenvalue weighted by atomic mass is 10.1. The molecule has 0 aliphatic rings. The number of hydrogen-bond acceptors (Lipinski definition) is 4. The summed E-state index contributed by atoms with van der Waals surface area (Å²) in [7, 11) is 0. The van der Waals surface area contributed by atoms with E-state index in [-0.39, 0.29) is 0 Å². The summed E-state index contributed by atoms with van der Waals surface area (Å²) < 4.78 is 47.9. The zero-order valence-corrected chi connectivity index (χ0v) is 6.04. The number of halogens is 4. The summed E-state index contributed by atoms with van der Waals surface area (Å²) in [5, 5.41) is 15.7. The van der Waals surface area contributed by atoms with Gasteiger partial charge in [0.25, 0.3) is 0 Å². The van der Waals surface area contributed by atoms with Crippen molar-refractivity contribution in [3.63, 3.8) is 0 Å². The van der Waals surface area contributed by atoms with Crippen LogP contribution in [0.3, 0.4) is 0 Å². The molecule has 14 heavy (non-hydrogen) atoms. The highest BCUT2D eigenvalue weighted by Gasteiger charge is 2.71. The summed E-state index contributed by atoms with van der Waals surface area (Å²) in [6.45, 7) is 0. The van der Waals surface area contributed by atoms with Gasteiger partial charge in [-0.3, -0.25) is 0 Å². The molecule has 0 aliphatic carbocycles. The van der Waals surface area contributed by atoms with Crippen molar-refractivity contribution >= 4 is 11.9 Å². The summed E-state index contributed by atoms with van der Waals surface area (Å²) in [5.74, 6) is -16.4. The molecule has 0 fully saturated rings. The quantitative estimate of drug-likeness (QED) is 0.649. The van der Waals surface area contributed by atoms with Crippen molar-refractivity contribution in [2.24, 2.45) is 0 Å². The fraction of sp³-hybridized carbons (Fsp3) is 0.500. The van der Waals surface area contributed by atoms with Gasteiger partial charge in [0.15, 0.2) is 0 Å². The third kappa shape index (κ3) is 1.48. The Morgan fingerprint density at radius 3 is 1.21 bits per heavy atom. The number of carboxylic acid groups (broad SMARTS) is 2. The van der Waals surface area contributed by atoms with Gasteiger partial charge in [-0.25, -0.2) is 9.59 Å². The second-order valence-electron chi connectivity index (χ2n) is 1.96. The molecule has 2 unspecified atom stereocenters. The van der Waals surface area contributed by atoms with E-state index in [2.05, 4.69) is 0 Å². The second-order valence-corrected chi connectivity index (χ2v) is 1.96. The number of hydrogen-bond donors (Lipinski definition) is 2. The first-order valence-corrected chi connectivity index (χ1v) is 2.70. The highest BCUT2D eigenvalue weighted by molar-refractivity contribution is 5.88. The molecule has 0 aromatic carbocycles. The van der Waals surface area contributed by atoms with Crippen molar-refractivity contribution in [2.45, 2.75) is 11.7 Å². The van der Waals surface area contributed by atoms with Crippen LogP contribution in [0.1, 0.15) is 0 Å². The number of rotatable bonds is 5. The largest absolute Gasteiger partial charge is 0.477 e. The van der Waals surface area contributed by atoms with Crippen LogP contribution in [0.25, 0.3) is 0 Å². The molecule has 6 nitrogen and oxygen atoms in total. The summed E-state index contributed by atoms with van der Waals surface area (Å²) in [4.78, 5) is 23.6. The molecule has 0 aliphatic heterocycles. The van der Waals surface area contributed by atoms with Crippen LogP contribution >= 0.6 is 0 Å². The minimum atomic E-state index is -5.15. The van der Waals surface area contributed by atoms with E-state index in [9.17, 15) is 27.4 Å². The molecule has 0 rings (SSSR count). The first-order valence-electron chi connectivity index (χ1n) is 2.70. The number of carbonyl (C=O) groups is 2. The second kappa shape index (κ2) is 3.75. The summed E-state index contributed by atoms with van der Waals surface area (Å²) in [5.41, 5.74) is 0. The fourth-order valence-corrected chi connectivity index (χ4v) is 0.440. The monoisotopic (exact) mass is 222 g/mol. The minimum absolute atomic E-state index is 1.93. The Labute approximate surface area is 72.4 Å². The van der Waals surface area contributed by atoms with E-state index in [0.717, 1.165) is 0 Å². The molecule has 0 radical (unpaired) electrons. The molecule has 0 bridgehead atoms. The molecular weight excluding hydrogens is 220 g/mol. The van der Waals surface area contributed by atoms with Gasteiger partial charge in [-0.1, -0.05) is 0 Å². The van der Waals surface area contributed by atoms with Gasteiger partial charge in [-0.15, -0.1) is 9.88 Å². The van der Waals surface area contributed by atoms with Gasteiger partial charge in [0.1, 0.15) is 0 Å². The SMILES string of the molecule is O=C(O)C(F)(OF)C(F)(OF)C(=O)O. The molecule has 0 aromatic rings. The van der Waals surface area contributed by atoms with Crippen LogP contribution in [0.2, 0.25) is 0 Å². The van der Waals surface area contributed by atoms with Crippen LogP contribution in [0.5, 0.6) is 0 Å². The average molecular weight is 222 g/mol. The van der Waals surface area contributed by atoms with Crippen molar-refractivity contribution < 1.29 is 47.5 Å². The van der Waals surface area contributed by atoms with Crippen molar-refractivity contribution in [1.29, 1.82) is 0 Å². The topological polar surface area (TPSA) is 93.1 Å². The third-order valence-electron chi connectivity index (χ3n) is 1.18. The van der Waals surface area contributed by atoms with Crippen LogP contribution in [0, 0.1) is 0 Å². The minimum Gasteiger partial charge on any atom is -0.477 e. The normalized spacial score (nSPS) is 19.4. The van der Waals surface area contributed by atoms with Crippen LogP contribution in [0.15, 0.2) is 0 Å². The molecule has 0 saturated heterocycles. The molecule has 10 heteroatoms. The van der Waals surface area contributed by atoms with E-state index in [1.54, 1.807) is 0 Å². The molecule has 2 atom stereocenters. The van der Waals surface area contributed by atoms with Crippen molar-refractivity contribution in [2.75, 3.05) is 0 Å². The maximum Gasteiger partial charge on any atom is 0.412 e. The highest BCUT2D eigenvalue weighted by Crippen LogP contribution is 2.34. The maximum atomic E-state index is 12.6. The number of carboxylic acids is 2. The molecule has 0 spiro atoms. The van der Waals surface area contributed by atoms with Crippen LogP contribution in [0.4, 0.5) is 17.8 Å². The van der Waals surface area contributed by atoms with Gasteiger partial charge in [0, 0.05) is 0 Å². The van der Waals surface area contributed by atoms with E-state index in [1.165, 1.54) is 0 Å². The first kappa shape index (κ1) is 12.6. The number of aliphatic carboxylic acids is 2. The Morgan fingerprint density at radius 2 is 1.14 bits per heavy atom. The Balaban J connectivity index is 5.37. The lowest BCUT2D eigenvalue weighted by Gasteiger charge is -2.24. The standard InChI is InChI=1S/C4H2F4O6/c5-3(13-7,1(9)10)4(6,14-8)2(11)12/h(H,9,10)(H,11,12). The zero-order chi connectivity index (χ0) is 11.6. The molecule has 0 saturated carbocycles. The predicted molar refractivity (Wildman–Crippen MR) is 27.3 cm³/mol. The van der Waals surface area contributed by atoms with E-state index in [4.69, 9.17) is 10.2 Å². The van der Waals surface area contributed by atoms with Crippen molar-refractivity contribution in [3.05, 3.63) is 0 Å². The van der Waals surface area contributed by atoms with E-state index >= 15 is 0 Å². The Bertz CT molecular complexity index is 232. The molecule has 0 heterocycles. The molecule has 0 amide bonds. The summed E-state index contributed by atoms with van der Waals surface area (Å²) >= 11 is 0. The molecular formula is C4H2F4O6. The van der Waals surface area contributed by atoms with Crippen LogP contribution in [-0.4, -0.2) is 33.9 Å². The smallest absolute Gasteiger partial charge is 0.412 e.